The van der Waals surface area contributed by atoms with Crippen LogP contribution in [-0.4, -0.2) is 33.8 Å². The van der Waals surface area contributed by atoms with Gasteiger partial charge >= 0.3 is 6.18 Å². The van der Waals surface area contributed by atoms with Crippen LogP contribution in [0.1, 0.15) is 12.6 Å². The molecule has 0 unspecified atom stereocenters. The molecule has 3 heterocycles. The lowest BCUT2D eigenvalue weighted by atomic mass is 10.1. The molecule has 4 aromatic rings. The fourth-order valence-electron chi connectivity index (χ4n) is 2.96. The average molecular weight is 432 g/mol. The zero-order chi connectivity index (χ0) is 21.5. The Labute approximate surface area is 170 Å². The average Bonchev–Trinajstić information content (AvgIpc) is 3.18. The second-order valence-corrected chi connectivity index (χ2v) is 8.70. The maximum Gasteiger partial charge on any atom is 0.435 e. The zero-order valence-electron chi connectivity index (χ0n) is 15.6. The zero-order valence-corrected chi connectivity index (χ0v) is 16.4. The molecule has 0 fully saturated rings. The van der Waals surface area contributed by atoms with Crippen LogP contribution in [0.25, 0.3) is 28.3 Å². The monoisotopic (exact) mass is 432 g/mol. The molecule has 0 bridgehead atoms. The van der Waals surface area contributed by atoms with E-state index in [1.165, 1.54) is 25.3 Å². The second-order valence-electron chi connectivity index (χ2n) is 6.46. The Morgan fingerprint density at radius 3 is 2.37 bits per heavy atom. The summed E-state index contributed by atoms with van der Waals surface area (Å²) < 4.78 is 65.1. The minimum absolute atomic E-state index is 0.0305. The van der Waals surface area contributed by atoms with Crippen LogP contribution in [0.5, 0.6) is 0 Å². The number of fused-ring (bicyclic) bond motifs is 1. The molecule has 6 nitrogen and oxygen atoms in total. The molecule has 0 saturated carbocycles. The molecule has 0 spiro atoms. The smallest absolute Gasteiger partial charge is 0.245 e. The molecule has 0 amide bonds. The van der Waals surface area contributed by atoms with Gasteiger partial charge in [-0.25, -0.2) is 22.9 Å². The Morgan fingerprint density at radius 1 is 0.967 bits per heavy atom. The first kappa shape index (κ1) is 20.0. The quantitative estimate of drug-likeness (QED) is 0.481. The van der Waals surface area contributed by atoms with Gasteiger partial charge in [0.05, 0.1) is 22.0 Å². The maximum atomic E-state index is 13.0. The number of hydrogen-bond donors (Lipinski definition) is 0. The van der Waals surface area contributed by atoms with Crippen molar-refractivity contribution in [3.63, 3.8) is 0 Å². The number of nitrogens with zero attached hydrogens (tertiary/aromatic N) is 4. The molecule has 0 saturated heterocycles. The molecule has 0 radical (unpaired) electrons. The third kappa shape index (κ3) is 3.65. The van der Waals surface area contributed by atoms with Crippen molar-refractivity contribution in [2.75, 3.05) is 5.75 Å². The summed E-state index contributed by atoms with van der Waals surface area (Å²) in [5.41, 5.74) is 0.360. The lowest BCUT2D eigenvalue weighted by Gasteiger charge is -2.11. The van der Waals surface area contributed by atoms with Crippen molar-refractivity contribution in [3.8, 4) is 22.6 Å². The van der Waals surface area contributed by atoms with Crippen molar-refractivity contribution in [2.24, 2.45) is 0 Å². The molecule has 0 atom stereocenters. The second kappa shape index (κ2) is 7.21. The topological polar surface area (TPSA) is 77.2 Å². The van der Waals surface area contributed by atoms with Crippen molar-refractivity contribution < 1.29 is 21.6 Å². The van der Waals surface area contributed by atoms with Gasteiger partial charge in [-0.15, -0.1) is 0 Å². The summed E-state index contributed by atoms with van der Waals surface area (Å²) in [5, 5.41) is 3.46. The van der Waals surface area contributed by atoms with Gasteiger partial charge in [0.2, 0.25) is 0 Å². The van der Waals surface area contributed by atoms with Crippen LogP contribution in [0.2, 0.25) is 0 Å². The van der Waals surface area contributed by atoms with Crippen LogP contribution in [0.4, 0.5) is 13.2 Å². The fourth-order valence-corrected chi connectivity index (χ4v) is 3.99. The normalized spacial score (nSPS) is 12.4. The molecule has 4 rings (SSSR count). The summed E-state index contributed by atoms with van der Waals surface area (Å²) in [5.74, 6) is -0.153. The van der Waals surface area contributed by atoms with Crippen LogP contribution in [0.15, 0.2) is 65.7 Å². The summed E-state index contributed by atoms with van der Waals surface area (Å²) in [6, 6.07) is 14.4. The van der Waals surface area contributed by atoms with Crippen molar-refractivity contribution in [3.05, 3.63) is 66.5 Å². The first-order chi connectivity index (χ1) is 14.2. The van der Waals surface area contributed by atoms with Crippen molar-refractivity contribution in [1.82, 2.24) is 19.6 Å². The Kier molecular flexibility index (Phi) is 4.81. The first-order valence-corrected chi connectivity index (χ1v) is 10.6. The molecular formula is C20H15F3N4O2S. The summed E-state index contributed by atoms with van der Waals surface area (Å²) in [6.45, 7) is 1.51. The van der Waals surface area contributed by atoms with E-state index in [0.29, 0.717) is 5.69 Å². The third-order valence-electron chi connectivity index (χ3n) is 4.50. The number of halogens is 3. The fraction of sp³-hybridized carbons (Fsp3) is 0.150. The van der Waals surface area contributed by atoms with Crippen LogP contribution in [-0.2, 0) is 16.0 Å². The van der Waals surface area contributed by atoms with Gasteiger partial charge in [0.25, 0.3) is 0 Å². The molecule has 1 aromatic carbocycles. The molecule has 10 heteroatoms. The predicted molar refractivity (Wildman–Crippen MR) is 104 cm³/mol. The highest BCUT2D eigenvalue weighted by molar-refractivity contribution is 7.91. The molecule has 3 aromatic heterocycles. The molecular weight excluding hydrogens is 417 g/mol. The van der Waals surface area contributed by atoms with Crippen molar-refractivity contribution in [2.45, 2.75) is 18.0 Å². The minimum Gasteiger partial charge on any atom is -0.245 e. The van der Waals surface area contributed by atoms with Gasteiger partial charge in [0, 0.05) is 17.8 Å². The number of hydrogen-bond acceptors (Lipinski definition) is 5. The summed E-state index contributed by atoms with van der Waals surface area (Å²) >= 11 is 0. The van der Waals surface area contributed by atoms with E-state index in [1.54, 1.807) is 6.07 Å². The van der Waals surface area contributed by atoms with E-state index in [4.69, 9.17) is 0 Å². The standard InChI is InChI=1S/C20H15F3N4O2S/c1-2-30(28,29)16-9-8-14(13-6-4-3-5-7-13)25-19(16)15-10-11-27-18(24-15)12-17(26-27)20(21,22)23/h3-12H,2H2,1H3. The van der Waals surface area contributed by atoms with Gasteiger partial charge in [-0.3, -0.25) is 0 Å². The van der Waals surface area contributed by atoms with E-state index < -0.39 is 21.7 Å². The van der Waals surface area contributed by atoms with E-state index in [2.05, 4.69) is 15.1 Å². The summed E-state index contributed by atoms with van der Waals surface area (Å²) in [7, 11) is -3.65. The predicted octanol–water partition coefficient (Wildman–Crippen LogP) is 4.27. The SMILES string of the molecule is CCS(=O)(=O)c1ccc(-c2ccccc2)nc1-c1ccn2nc(C(F)(F)F)cc2n1. The largest absolute Gasteiger partial charge is 0.435 e. The number of aromatic nitrogens is 4. The number of alkyl halides is 3. The highest BCUT2D eigenvalue weighted by atomic mass is 32.2. The van der Waals surface area contributed by atoms with Gasteiger partial charge in [0.1, 0.15) is 5.69 Å². The Hall–Kier alpha value is -3.27. The Morgan fingerprint density at radius 2 is 1.70 bits per heavy atom. The van der Waals surface area contributed by atoms with E-state index in [0.717, 1.165) is 16.1 Å². The number of rotatable bonds is 4. The van der Waals surface area contributed by atoms with E-state index in [1.807, 2.05) is 30.3 Å². The third-order valence-corrected chi connectivity index (χ3v) is 6.26. The molecule has 0 N–H and O–H groups in total. The van der Waals surface area contributed by atoms with Gasteiger partial charge in [-0.05, 0) is 18.2 Å². The van der Waals surface area contributed by atoms with Crippen molar-refractivity contribution in [1.29, 1.82) is 0 Å². The van der Waals surface area contributed by atoms with Crippen molar-refractivity contribution >= 4 is 15.5 Å². The molecule has 0 aliphatic heterocycles. The Balaban J connectivity index is 1.93. The van der Waals surface area contributed by atoms with E-state index >= 15 is 0 Å². The molecule has 0 aliphatic carbocycles. The maximum absolute atomic E-state index is 13.0. The molecule has 0 aliphatic rings. The number of pyridine rings is 1. The van der Waals surface area contributed by atoms with Gasteiger partial charge < -0.3 is 0 Å². The summed E-state index contributed by atoms with van der Waals surface area (Å²) in [6.07, 6.45) is -3.32. The molecule has 154 valence electrons. The lowest BCUT2D eigenvalue weighted by molar-refractivity contribution is -0.141. The Bertz CT molecular complexity index is 1330. The lowest BCUT2D eigenvalue weighted by Crippen LogP contribution is -2.08. The molecule has 30 heavy (non-hydrogen) atoms. The highest BCUT2D eigenvalue weighted by Gasteiger charge is 2.34. The minimum atomic E-state index is -4.62. The van der Waals surface area contributed by atoms with E-state index in [9.17, 15) is 21.6 Å². The van der Waals surface area contributed by atoms with Gasteiger partial charge in [-0.2, -0.15) is 18.3 Å². The van der Waals surface area contributed by atoms with Gasteiger partial charge in [-0.1, -0.05) is 37.3 Å². The highest BCUT2D eigenvalue weighted by Crippen LogP contribution is 2.31. The van der Waals surface area contributed by atoms with Crippen LogP contribution < -0.4 is 0 Å². The number of sulfone groups is 1. The van der Waals surface area contributed by atoms with Crippen LogP contribution >= 0.6 is 0 Å². The van der Waals surface area contributed by atoms with Crippen LogP contribution in [0, 0.1) is 0 Å². The van der Waals surface area contributed by atoms with Gasteiger partial charge in [0.15, 0.2) is 21.2 Å². The van der Waals surface area contributed by atoms with Crippen LogP contribution in [0.3, 0.4) is 0 Å². The number of benzene rings is 1. The first-order valence-electron chi connectivity index (χ1n) is 8.92. The summed E-state index contributed by atoms with van der Waals surface area (Å²) in [4.78, 5) is 8.66. The van der Waals surface area contributed by atoms with E-state index in [-0.39, 0.29) is 27.7 Å².